The first-order valence-corrected chi connectivity index (χ1v) is 8.36. The van der Waals surface area contributed by atoms with Gasteiger partial charge in [0.2, 0.25) is 5.91 Å². The minimum atomic E-state index is -3.94. The molecule has 0 atom stereocenters. The molecule has 7 nitrogen and oxygen atoms in total. The highest BCUT2D eigenvalue weighted by molar-refractivity contribution is 7.92. The largest absolute Gasteiger partial charge is 0.324 e. The summed E-state index contributed by atoms with van der Waals surface area (Å²) < 4.78 is 41.0. The van der Waals surface area contributed by atoms with E-state index in [1.54, 1.807) is 24.4 Å². The highest BCUT2D eigenvalue weighted by Gasteiger charge is 2.17. The maximum atomic E-state index is 13.6. The van der Waals surface area contributed by atoms with E-state index in [1.807, 2.05) is 0 Å². The van der Waals surface area contributed by atoms with Crippen LogP contribution in [0.15, 0.2) is 47.5 Å². The smallest absolute Gasteiger partial charge is 0.261 e. The SMILES string of the molecule is CC(=O)Nc1cc(S(=O)(=O)Nc2ccc3cn[nH]c3c2)ccc1F. The Morgan fingerprint density at radius 2 is 2.00 bits per heavy atom. The molecular formula is C15H13FN4O3S. The molecule has 0 aliphatic carbocycles. The van der Waals surface area contributed by atoms with Gasteiger partial charge in [0.15, 0.2) is 0 Å². The van der Waals surface area contributed by atoms with Crippen LogP contribution < -0.4 is 10.0 Å². The normalized spacial score (nSPS) is 11.4. The van der Waals surface area contributed by atoms with Gasteiger partial charge in [0, 0.05) is 12.3 Å². The van der Waals surface area contributed by atoms with Crippen molar-refractivity contribution >= 4 is 38.2 Å². The van der Waals surface area contributed by atoms with Crippen molar-refractivity contribution in [1.82, 2.24) is 10.2 Å². The number of sulfonamides is 1. The summed E-state index contributed by atoms with van der Waals surface area (Å²) in [6.07, 6.45) is 1.62. The molecule has 0 radical (unpaired) electrons. The Kier molecular flexibility index (Phi) is 3.94. The Bertz CT molecular complexity index is 1030. The molecule has 9 heteroatoms. The second kappa shape index (κ2) is 5.93. The predicted octanol–water partition coefficient (Wildman–Crippen LogP) is 2.46. The molecule has 1 heterocycles. The first kappa shape index (κ1) is 15.9. The molecule has 0 fully saturated rings. The van der Waals surface area contributed by atoms with E-state index in [9.17, 15) is 17.6 Å². The van der Waals surface area contributed by atoms with Gasteiger partial charge >= 0.3 is 0 Å². The average molecular weight is 348 g/mol. The molecule has 0 bridgehead atoms. The summed E-state index contributed by atoms with van der Waals surface area (Å²) in [7, 11) is -3.94. The Balaban J connectivity index is 1.93. The van der Waals surface area contributed by atoms with Crippen LogP contribution in [0.3, 0.4) is 0 Å². The third kappa shape index (κ3) is 3.20. The first-order valence-electron chi connectivity index (χ1n) is 6.88. The lowest BCUT2D eigenvalue weighted by Gasteiger charge is -2.10. The molecule has 24 heavy (non-hydrogen) atoms. The predicted molar refractivity (Wildman–Crippen MR) is 87.6 cm³/mol. The van der Waals surface area contributed by atoms with Gasteiger partial charge in [-0.05, 0) is 36.4 Å². The van der Waals surface area contributed by atoms with Gasteiger partial charge in [-0.2, -0.15) is 5.10 Å². The minimum absolute atomic E-state index is 0.169. The first-order chi connectivity index (χ1) is 11.3. The van der Waals surface area contributed by atoms with Gasteiger partial charge in [0.1, 0.15) is 5.82 Å². The van der Waals surface area contributed by atoms with Gasteiger partial charge in [-0.3, -0.25) is 14.6 Å². The molecule has 0 unspecified atom stereocenters. The van der Waals surface area contributed by atoms with Crippen LogP contribution in [0.2, 0.25) is 0 Å². The summed E-state index contributed by atoms with van der Waals surface area (Å²) in [5.41, 5.74) is 0.805. The summed E-state index contributed by atoms with van der Waals surface area (Å²) in [5, 5.41) is 9.69. The third-order valence-corrected chi connectivity index (χ3v) is 4.63. The van der Waals surface area contributed by atoms with Gasteiger partial charge in [0.25, 0.3) is 10.0 Å². The molecule has 3 aromatic rings. The number of nitrogens with one attached hydrogen (secondary N) is 3. The highest BCUT2D eigenvalue weighted by atomic mass is 32.2. The quantitative estimate of drug-likeness (QED) is 0.674. The average Bonchev–Trinajstić information content (AvgIpc) is 2.96. The van der Waals surface area contributed by atoms with Gasteiger partial charge < -0.3 is 5.32 Å². The maximum absolute atomic E-state index is 13.6. The zero-order valence-electron chi connectivity index (χ0n) is 12.5. The Labute approximate surface area is 136 Å². The Morgan fingerprint density at radius 1 is 1.21 bits per heavy atom. The summed E-state index contributed by atoms with van der Waals surface area (Å²) in [6.45, 7) is 1.21. The monoisotopic (exact) mass is 348 g/mol. The molecule has 3 rings (SSSR count). The lowest BCUT2D eigenvalue weighted by Crippen LogP contribution is -2.14. The number of halogens is 1. The van der Waals surface area contributed by atoms with Crippen molar-refractivity contribution in [3.05, 3.63) is 48.4 Å². The number of aromatic nitrogens is 2. The van der Waals surface area contributed by atoms with Gasteiger partial charge in [-0.25, -0.2) is 12.8 Å². The highest BCUT2D eigenvalue weighted by Crippen LogP contribution is 2.23. The fourth-order valence-electron chi connectivity index (χ4n) is 2.17. The second-order valence-electron chi connectivity index (χ2n) is 5.10. The molecule has 0 aliphatic heterocycles. The zero-order valence-corrected chi connectivity index (χ0v) is 13.3. The van der Waals surface area contributed by atoms with Crippen LogP contribution in [0, 0.1) is 5.82 Å². The molecule has 0 saturated heterocycles. The second-order valence-corrected chi connectivity index (χ2v) is 6.78. The number of nitrogens with zero attached hydrogens (tertiary/aromatic N) is 1. The molecular weight excluding hydrogens is 335 g/mol. The summed E-state index contributed by atoms with van der Waals surface area (Å²) in [6, 6.07) is 8.07. The number of hydrogen-bond donors (Lipinski definition) is 3. The number of amides is 1. The van der Waals surface area contributed by atoms with Crippen LogP contribution in [0.1, 0.15) is 6.92 Å². The fourth-order valence-corrected chi connectivity index (χ4v) is 3.25. The number of aromatic amines is 1. The number of hydrogen-bond acceptors (Lipinski definition) is 4. The number of rotatable bonds is 4. The Hall–Kier alpha value is -2.94. The number of carbonyl (C=O) groups excluding carboxylic acids is 1. The maximum Gasteiger partial charge on any atom is 0.261 e. The summed E-state index contributed by atoms with van der Waals surface area (Å²) >= 11 is 0. The zero-order chi connectivity index (χ0) is 17.3. The summed E-state index contributed by atoms with van der Waals surface area (Å²) in [5.74, 6) is -1.22. The fraction of sp³-hybridized carbons (Fsp3) is 0.0667. The van der Waals surface area contributed by atoms with E-state index in [0.29, 0.717) is 11.2 Å². The van der Waals surface area contributed by atoms with E-state index >= 15 is 0 Å². The van der Waals surface area contributed by atoms with Crippen LogP contribution in [-0.2, 0) is 14.8 Å². The van der Waals surface area contributed by atoms with E-state index in [1.165, 1.54) is 6.92 Å². The van der Waals surface area contributed by atoms with Crippen LogP contribution in [0.4, 0.5) is 15.8 Å². The number of carbonyl (C=O) groups is 1. The van der Waals surface area contributed by atoms with Crippen molar-refractivity contribution in [1.29, 1.82) is 0 Å². The lowest BCUT2D eigenvalue weighted by atomic mass is 10.2. The minimum Gasteiger partial charge on any atom is -0.324 e. The van der Waals surface area contributed by atoms with Gasteiger partial charge in [-0.15, -0.1) is 0 Å². The number of benzene rings is 2. The lowest BCUT2D eigenvalue weighted by molar-refractivity contribution is -0.114. The molecule has 124 valence electrons. The van der Waals surface area contributed by atoms with Gasteiger partial charge in [0.05, 0.1) is 28.0 Å². The molecule has 0 spiro atoms. The van der Waals surface area contributed by atoms with Crippen LogP contribution in [0.25, 0.3) is 10.9 Å². The van der Waals surface area contributed by atoms with E-state index in [0.717, 1.165) is 23.6 Å². The van der Waals surface area contributed by atoms with E-state index in [-0.39, 0.29) is 10.6 Å². The molecule has 3 N–H and O–H groups in total. The molecule has 2 aromatic carbocycles. The van der Waals surface area contributed by atoms with Crippen molar-refractivity contribution < 1.29 is 17.6 Å². The topological polar surface area (TPSA) is 104 Å². The molecule has 1 amide bonds. The molecule has 0 saturated carbocycles. The van der Waals surface area contributed by atoms with E-state index in [2.05, 4.69) is 20.2 Å². The standard InChI is InChI=1S/C15H13FN4O3S/c1-9(21)18-15-7-12(4-5-13(15)16)24(22,23)20-11-3-2-10-8-17-19-14(10)6-11/h2-8,20H,1H3,(H,17,19)(H,18,21). The number of H-pyrrole nitrogens is 1. The van der Waals surface area contributed by atoms with Crippen LogP contribution in [0.5, 0.6) is 0 Å². The Morgan fingerprint density at radius 3 is 2.75 bits per heavy atom. The van der Waals surface area contributed by atoms with Crippen LogP contribution in [-0.4, -0.2) is 24.5 Å². The van der Waals surface area contributed by atoms with Crippen molar-refractivity contribution in [2.45, 2.75) is 11.8 Å². The van der Waals surface area contributed by atoms with E-state index in [4.69, 9.17) is 0 Å². The third-order valence-electron chi connectivity index (χ3n) is 3.25. The van der Waals surface area contributed by atoms with Gasteiger partial charge in [-0.1, -0.05) is 0 Å². The van der Waals surface area contributed by atoms with Crippen molar-refractivity contribution in [2.24, 2.45) is 0 Å². The summed E-state index contributed by atoms with van der Waals surface area (Å²) in [4.78, 5) is 10.9. The van der Waals surface area contributed by atoms with Crippen molar-refractivity contribution in [3.63, 3.8) is 0 Å². The van der Waals surface area contributed by atoms with E-state index < -0.39 is 21.7 Å². The molecule has 1 aromatic heterocycles. The van der Waals surface area contributed by atoms with Crippen molar-refractivity contribution in [2.75, 3.05) is 10.0 Å². The molecule has 0 aliphatic rings. The van der Waals surface area contributed by atoms with Crippen molar-refractivity contribution in [3.8, 4) is 0 Å². The van der Waals surface area contributed by atoms with Crippen LogP contribution >= 0.6 is 0 Å². The number of anilines is 2. The number of fused-ring (bicyclic) bond motifs is 1.